The van der Waals surface area contributed by atoms with Crippen LogP contribution in [0, 0.1) is 0 Å². The van der Waals surface area contributed by atoms with Crippen molar-refractivity contribution in [1.82, 2.24) is 9.97 Å². The minimum Gasteiger partial charge on any atom is -0.377 e. The van der Waals surface area contributed by atoms with Gasteiger partial charge >= 0.3 is 10.1 Å². The van der Waals surface area contributed by atoms with Crippen LogP contribution in [0.4, 0.5) is 0 Å². The summed E-state index contributed by atoms with van der Waals surface area (Å²) in [6.45, 7) is 0. The predicted octanol–water partition coefficient (Wildman–Crippen LogP) is 3.60. The van der Waals surface area contributed by atoms with Gasteiger partial charge in [-0.3, -0.25) is 0 Å². The largest absolute Gasteiger partial charge is 0.377 e. The molecular weight excluding hydrogens is 430 g/mol. The molecule has 0 aliphatic carbocycles. The molecule has 1 aromatic heterocycles. The molecule has 0 aliphatic rings. The van der Waals surface area contributed by atoms with Gasteiger partial charge in [0.15, 0.2) is 0 Å². The summed E-state index contributed by atoms with van der Waals surface area (Å²) in [5.74, 6) is 0.248. The molecule has 0 spiro atoms. The molecule has 0 bridgehead atoms. The van der Waals surface area contributed by atoms with Crippen molar-refractivity contribution < 1.29 is 12.6 Å². The predicted molar refractivity (Wildman–Crippen MR) is 123 cm³/mol. The van der Waals surface area contributed by atoms with Crippen LogP contribution in [0.1, 0.15) is 22.5 Å². The summed E-state index contributed by atoms with van der Waals surface area (Å²) in [4.78, 5) is 7.39. The molecule has 0 unspecified atom stereocenters. The van der Waals surface area contributed by atoms with Crippen LogP contribution in [0.3, 0.4) is 0 Å². The summed E-state index contributed by atoms with van der Waals surface area (Å²) in [6, 6.07) is 28.1. The summed E-state index contributed by atoms with van der Waals surface area (Å²) in [5, 5.41) is -0.182. The van der Waals surface area contributed by atoms with E-state index in [0.717, 1.165) is 16.8 Å². The number of aromatic amines is 1. The Balaban J connectivity index is 0.00000171. The zero-order valence-corrected chi connectivity index (χ0v) is 22.5. The van der Waals surface area contributed by atoms with E-state index in [0.29, 0.717) is 18.5 Å². The first-order valence-electron chi connectivity index (χ1n) is 9.25. The van der Waals surface area contributed by atoms with Crippen molar-refractivity contribution in [1.29, 1.82) is 0 Å². The second-order valence-electron chi connectivity index (χ2n) is 6.64. The molecule has 31 heavy (non-hydrogen) atoms. The fourth-order valence-electron chi connectivity index (χ4n) is 3.06. The van der Waals surface area contributed by atoms with Crippen molar-refractivity contribution in [2.75, 3.05) is 0 Å². The molecule has 4 aromatic rings. The number of nitrogens with one attached hydrogen (secondary N) is 1. The number of hydrogen-bond acceptors (Lipinski definition) is 4. The molecule has 0 saturated carbocycles. The topological polar surface area (TPSA) is 72.1 Å². The van der Waals surface area contributed by atoms with E-state index in [1.165, 1.54) is 0 Å². The van der Waals surface area contributed by atoms with Gasteiger partial charge in [0.25, 0.3) is 5.16 Å². The molecule has 5 nitrogen and oxygen atoms in total. The minimum absolute atomic E-state index is 0. The fourth-order valence-corrected chi connectivity index (χ4v) is 3.98. The van der Waals surface area contributed by atoms with E-state index in [4.69, 9.17) is 4.18 Å². The Hall–Kier alpha value is -1.38. The van der Waals surface area contributed by atoms with Crippen LogP contribution in [-0.4, -0.2) is 77.5 Å². The molecule has 0 saturated heterocycles. The van der Waals surface area contributed by atoms with Crippen LogP contribution in [0.2, 0.25) is 0 Å². The van der Waals surface area contributed by atoms with E-state index < -0.39 is 10.1 Å². The van der Waals surface area contributed by atoms with Gasteiger partial charge in [0, 0.05) is 77.7 Å². The fraction of sp³-hybridized carbons (Fsp3) is 0.0870. The zero-order valence-electron chi connectivity index (χ0n) is 17.7. The number of para-hydroxylation sites is 1. The SMILES string of the molecule is O=S(=O)(Oc1ccccc1)c1nc(Cc2ccccc2)c(Cc2ccccc2)[nH]1.[Na].[Na]. The molecule has 4 rings (SSSR count). The van der Waals surface area contributed by atoms with Crippen LogP contribution in [-0.2, 0) is 23.0 Å². The normalized spacial score (nSPS) is 10.6. The third-order valence-electron chi connectivity index (χ3n) is 4.47. The zero-order chi connectivity index (χ0) is 20.1. The van der Waals surface area contributed by atoms with Gasteiger partial charge in [-0.1, -0.05) is 78.9 Å². The first-order valence-corrected chi connectivity index (χ1v) is 10.7. The van der Waals surface area contributed by atoms with Crippen molar-refractivity contribution in [2.24, 2.45) is 0 Å². The Labute approximate surface area is 227 Å². The number of H-pyrrole nitrogens is 1. The van der Waals surface area contributed by atoms with E-state index in [-0.39, 0.29) is 70.0 Å². The maximum atomic E-state index is 12.8. The van der Waals surface area contributed by atoms with Crippen molar-refractivity contribution in [2.45, 2.75) is 18.0 Å². The Morgan fingerprint density at radius 1 is 0.710 bits per heavy atom. The Bertz CT molecular complexity index is 1120. The van der Waals surface area contributed by atoms with Gasteiger partial charge < -0.3 is 9.17 Å². The van der Waals surface area contributed by atoms with Crippen LogP contribution < -0.4 is 4.18 Å². The number of benzene rings is 3. The Kier molecular flexibility index (Phi) is 10.0. The van der Waals surface area contributed by atoms with Crippen LogP contribution in [0.25, 0.3) is 0 Å². The quantitative estimate of drug-likeness (QED) is 0.345. The second kappa shape index (κ2) is 12.0. The van der Waals surface area contributed by atoms with Crippen LogP contribution in [0.15, 0.2) is 96.2 Å². The van der Waals surface area contributed by atoms with E-state index in [2.05, 4.69) is 9.97 Å². The van der Waals surface area contributed by atoms with Crippen LogP contribution >= 0.6 is 0 Å². The van der Waals surface area contributed by atoms with E-state index >= 15 is 0 Å². The molecule has 2 radical (unpaired) electrons. The van der Waals surface area contributed by atoms with Gasteiger partial charge in [0.2, 0.25) is 0 Å². The maximum Gasteiger partial charge on any atom is 0.373 e. The maximum absolute atomic E-state index is 12.8. The summed E-state index contributed by atoms with van der Waals surface area (Å²) in [6.07, 6.45) is 1.08. The summed E-state index contributed by atoms with van der Waals surface area (Å²) in [5.41, 5.74) is 3.57. The molecule has 8 heteroatoms. The Morgan fingerprint density at radius 2 is 1.19 bits per heavy atom. The first kappa shape index (κ1) is 25.9. The molecule has 0 aliphatic heterocycles. The molecular formula is C23H20N2Na2O3S. The van der Waals surface area contributed by atoms with E-state index in [1.807, 2.05) is 60.7 Å². The van der Waals surface area contributed by atoms with E-state index in [9.17, 15) is 8.42 Å². The molecule has 1 N–H and O–H groups in total. The molecule has 1 heterocycles. The average molecular weight is 450 g/mol. The molecule has 148 valence electrons. The number of imidazole rings is 1. The van der Waals surface area contributed by atoms with Gasteiger partial charge in [-0.05, 0) is 23.3 Å². The number of aromatic nitrogens is 2. The van der Waals surface area contributed by atoms with Crippen LogP contribution in [0.5, 0.6) is 5.75 Å². The first-order chi connectivity index (χ1) is 14.1. The molecule has 3 aromatic carbocycles. The van der Waals surface area contributed by atoms with Gasteiger partial charge in [0.05, 0.1) is 5.69 Å². The van der Waals surface area contributed by atoms with Crippen molar-refractivity contribution in [3.05, 3.63) is 114 Å². The summed E-state index contributed by atoms with van der Waals surface area (Å²) < 4.78 is 30.7. The minimum atomic E-state index is -4.07. The average Bonchev–Trinajstić information content (AvgIpc) is 3.13. The van der Waals surface area contributed by atoms with Crippen molar-refractivity contribution in [3.8, 4) is 5.75 Å². The molecule has 0 atom stereocenters. The summed E-state index contributed by atoms with van der Waals surface area (Å²) >= 11 is 0. The number of rotatable bonds is 7. The molecule has 0 amide bonds. The standard InChI is InChI=1S/C23H20N2O3S.2Na/c26-29(27,28-20-14-8-3-9-15-20)23-24-21(16-18-10-4-1-5-11-18)22(25-23)17-19-12-6-2-7-13-19;;/h1-15H,16-17H2,(H,24,25);;. The van der Waals surface area contributed by atoms with Gasteiger partial charge in [-0.15, -0.1) is 0 Å². The summed E-state index contributed by atoms with van der Waals surface area (Å²) in [7, 11) is -4.07. The Morgan fingerprint density at radius 3 is 1.74 bits per heavy atom. The van der Waals surface area contributed by atoms with Gasteiger partial charge in [0.1, 0.15) is 5.75 Å². The third-order valence-corrected chi connectivity index (χ3v) is 5.55. The van der Waals surface area contributed by atoms with Gasteiger partial charge in [-0.2, -0.15) is 8.42 Å². The molecule has 0 fully saturated rings. The van der Waals surface area contributed by atoms with Crippen molar-refractivity contribution >= 4 is 69.2 Å². The monoisotopic (exact) mass is 450 g/mol. The third kappa shape index (κ3) is 7.05. The second-order valence-corrected chi connectivity index (χ2v) is 8.10. The van der Waals surface area contributed by atoms with Gasteiger partial charge in [-0.25, -0.2) is 4.98 Å². The smallest absolute Gasteiger partial charge is 0.373 e. The number of hydrogen-bond donors (Lipinski definition) is 1. The van der Waals surface area contributed by atoms with Crippen molar-refractivity contribution in [3.63, 3.8) is 0 Å². The van der Waals surface area contributed by atoms with E-state index in [1.54, 1.807) is 30.3 Å². The number of nitrogens with zero attached hydrogens (tertiary/aromatic N) is 1.